The highest BCUT2D eigenvalue weighted by molar-refractivity contribution is 5.51. The molecular formula is C12H15F3N2O. The Morgan fingerprint density at radius 1 is 1.39 bits per heavy atom. The van der Waals surface area contributed by atoms with Crippen LogP contribution >= 0.6 is 0 Å². The fraction of sp³-hybridized carbons (Fsp3) is 0.500. The molecule has 0 spiro atoms. The topological polar surface area (TPSA) is 24.5 Å². The van der Waals surface area contributed by atoms with Crippen LogP contribution in [0.2, 0.25) is 0 Å². The van der Waals surface area contributed by atoms with Gasteiger partial charge in [0.2, 0.25) is 0 Å². The molecule has 0 bridgehead atoms. The number of benzene rings is 1. The summed E-state index contributed by atoms with van der Waals surface area (Å²) in [5, 5.41) is 3.29. The first-order valence-electron chi connectivity index (χ1n) is 5.78. The van der Waals surface area contributed by atoms with Crippen LogP contribution in [0.25, 0.3) is 0 Å². The number of alkyl halides is 3. The molecular weight excluding hydrogens is 245 g/mol. The van der Waals surface area contributed by atoms with Crippen LogP contribution in [0.3, 0.4) is 0 Å². The molecule has 0 aromatic heterocycles. The Morgan fingerprint density at radius 3 is 2.78 bits per heavy atom. The third-order valence-electron chi connectivity index (χ3n) is 2.96. The van der Waals surface area contributed by atoms with Crippen LogP contribution in [-0.4, -0.2) is 26.1 Å². The quantitative estimate of drug-likeness (QED) is 0.904. The lowest BCUT2D eigenvalue weighted by Crippen LogP contribution is -2.39. The number of ether oxygens (including phenoxy) is 1. The summed E-state index contributed by atoms with van der Waals surface area (Å²) in [5.41, 5.74) is 0.705. The average molecular weight is 260 g/mol. The van der Waals surface area contributed by atoms with Crippen molar-refractivity contribution in [1.82, 2.24) is 5.32 Å². The van der Waals surface area contributed by atoms with E-state index in [1.165, 1.54) is 12.1 Å². The molecule has 1 aromatic rings. The van der Waals surface area contributed by atoms with Crippen LogP contribution < -0.4 is 15.0 Å². The lowest BCUT2D eigenvalue weighted by atomic mass is 10.2. The van der Waals surface area contributed by atoms with E-state index in [9.17, 15) is 13.2 Å². The van der Waals surface area contributed by atoms with Crippen LogP contribution in [0, 0.1) is 0 Å². The number of rotatable bonds is 3. The van der Waals surface area contributed by atoms with Gasteiger partial charge in [-0.1, -0.05) is 6.07 Å². The smallest absolute Gasteiger partial charge is 0.406 e. The van der Waals surface area contributed by atoms with Crippen molar-refractivity contribution in [3.05, 3.63) is 24.3 Å². The minimum absolute atomic E-state index is 0.172. The zero-order chi connectivity index (χ0) is 13.2. The van der Waals surface area contributed by atoms with Gasteiger partial charge in [-0.3, -0.25) is 5.32 Å². The molecule has 0 saturated carbocycles. The molecule has 1 atom stereocenters. The molecule has 18 heavy (non-hydrogen) atoms. The molecule has 1 saturated heterocycles. The molecule has 3 nitrogen and oxygen atoms in total. The normalized spacial score (nSPS) is 19.9. The highest BCUT2D eigenvalue weighted by atomic mass is 19.4. The highest BCUT2D eigenvalue weighted by Crippen LogP contribution is 2.27. The number of anilines is 1. The van der Waals surface area contributed by atoms with E-state index in [4.69, 9.17) is 0 Å². The van der Waals surface area contributed by atoms with Crippen LogP contribution in [0.5, 0.6) is 5.75 Å². The maximum atomic E-state index is 12.1. The van der Waals surface area contributed by atoms with E-state index in [0.29, 0.717) is 5.69 Å². The molecule has 0 amide bonds. The Balaban J connectivity index is 2.11. The zero-order valence-electron chi connectivity index (χ0n) is 10.00. The Kier molecular flexibility index (Phi) is 3.65. The van der Waals surface area contributed by atoms with Crippen molar-refractivity contribution in [1.29, 1.82) is 0 Å². The first kappa shape index (κ1) is 13.0. The Bertz CT molecular complexity index is 403. The van der Waals surface area contributed by atoms with Crippen molar-refractivity contribution in [3.8, 4) is 5.75 Å². The van der Waals surface area contributed by atoms with Crippen LogP contribution in [0.4, 0.5) is 18.9 Å². The van der Waals surface area contributed by atoms with Crippen LogP contribution in [0.15, 0.2) is 24.3 Å². The SMILES string of the molecule is CN(c1cccc(OC(F)(F)F)c1)[C@H]1CCCN1. The van der Waals surface area contributed by atoms with Crippen molar-refractivity contribution < 1.29 is 17.9 Å². The minimum Gasteiger partial charge on any atom is -0.406 e. The second kappa shape index (κ2) is 5.06. The summed E-state index contributed by atoms with van der Waals surface area (Å²) in [7, 11) is 1.86. The molecule has 1 N–H and O–H groups in total. The fourth-order valence-corrected chi connectivity index (χ4v) is 2.08. The number of nitrogens with one attached hydrogen (secondary N) is 1. The zero-order valence-corrected chi connectivity index (χ0v) is 10.00. The third-order valence-corrected chi connectivity index (χ3v) is 2.96. The van der Waals surface area contributed by atoms with Crippen molar-refractivity contribution in [2.24, 2.45) is 0 Å². The van der Waals surface area contributed by atoms with E-state index < -0.39 is 6.36 Å². The molecule has 0 unspecified atom stereocenters. The lowest BCUT2D eigenvalue weighted by molar-refractivity contribution is -0.274. The first-order valence-corrected chi connectivity index (χ1v) is 5.78. The highest BCUT2D eigenvalue weighted by Gasteiger charge is 2.31. The van der Waals surface area contributed by atoms with Gasteiger partial charge in [0.05, 0.1) is 6.17 Å². The van der Waals surface area contributed by atoms with E-state index in [-0.39, 0.29) is 11.9 Å². The molecule has 1 heterocycles. The summed E-state index contributed by atoms with van der Waals surface area (Å²) in [6, 6.07) is 6.02. The molecule has 1 aromatic carbocycles. The Hall–Kier alpha value is -1.43. The Morgan fingerprint density at radius 2 is 2.17 bits per heavy atom. The van der Waals surface area contributed by atoms with E-state index in [1.807, 2.05) is 11.9 Å². The van der Waals surface area contributed by atoms with Gasteiger partial charge >= 0.3 is 6.36 Å². The van der Waals surface area contributed by atoms with Gasteiger partial charge in [0, 0.05) is 18.8 Å². The largest absolute Gasteiger partial charge is 0.573 e. The second-order valence-corrected chi connectivity index (χ2v) is 4.27. The van der Waals surface area contributed by atoms with Crippen molar-refractivity contribution >= 4 is 5.69 Å². The van der Waals surface area contributed by atoms with Gasteiger partial charge in [0.25, 0.3) is 0 Å². The van der Waals surface area contributed by atoms with Gasteiger partial charge in [0.1, 0.15) is 5.75 Å². The number of hydrogen-bond donors (Lipinski definition) is 1. The average Bonchev–Trinajstić information content (AvgIpc) is 2.79. The maximum absolute atomic E-state index is 12.1. The van der Waals surface area contributed by atoms with Gasteiger partial charge in [-0.2, -0.15) is 0 Å². The van der Waals surface area contributed by atoms with Gasteiger partial charge < -0.3 is 9.64 Å². The van der Waals surface area contributed by atoms with Gasteiger partial charge in [0.15, 0.2) is 0 Å². The molecule has 1 aliphatic rings. The van der Waals surface area contributed by atoms with E-state index >= 15 is 0 Å². The molecule has 1 aliphatic heterocycles. The summed E-state index contributed by atoms with van der Waals surface area (Å²) in [4.78, 5) is 1.93. The molecule has 0 radical (unpaired) electrons. The summed E-state index contributed by atoms with van der Waals surface area (Å²) in [6.45, 7) is 0.938. The fourth-order valence-electron chi connectivity index (χ4n) is 2.08. The summed E-state index contributed by atoms with van der Waals surface area (Å²) >= 11 is 0. The van der Waals surface area contributed by atoms with Crippen molar-refractivity contribution in [2.75, 3.05) is 18.5 Å². The van der Waals surface area contributed by atoms with Gasteiger partial charge in [-0.05, 0) is 31.5 Å². The lowest BCUT2D eigenvalue weighted by Gasteiger charge is -2.27. The predicted octanol–water partition coefficient (Wildman–Crippen LogP) is 2.73. The number of halogens is 3. The van der Waals surface area contributed by atoms with E-state index in [0.717, 1.165) is 19.4 Å². The van der Waals surface area contributed by atoms with Crippen molar-refractivity contribution in [2.45, 2.75) is 25.4 Å². The number of nitrogens with zero attached hydrogens (tertiary/aromatic N) is 1. The standard InChI is InChI=1S/C12H15F3N2O/c1-17(11-6-3-7-16-11)9-4-2-5-10(8-9)18-12(13,14)15/h2,4-5,8,11,16H,3,6-7H2,1H3/t11-/m0/s1. The van der Waals surface area contributed by atoms with E-state index in [2.05, 4.69) is 10.1 Å². The third kappa shape index (κ3) is 3.29. The molecule has 2 rings (SSSR count). The van der Waals surface area contributed by atoms with Crippen molar-refractivity contribution in [3.63, 3.8) is 0 Å². The van der Waals surface area contributed by atoms with Gasteiger partial charge in [-0.15, -0.1) is 13.2 Å². The maximum Gasteiger partial charge on any atom is 0.573 e. The summed E-state index contributed by atoms with van der Waals surface area (Å²) in [6.07, 6.45) is -2.41. The molecule has 100 valence electrons. The summed E-state index contributed by atoms with van der Waals surface area (Å²) in [5.74, 6) is -0.190. The van der Waals surface area contributed by atoms with E-state index in [1.54, 1.807) is 12.1 Å². The van der Waals surface area contributed by atoms with Crippen LogP contribution in [-0.2, 0) is 0 Å². The second-order valence-electron chi connectivity index (χ2n) is 4.27. The molecule has 0 aliphatic carbocycles. The predicted molar refractivity (Wildman–Crippen MR) is 62.6 cm³/mol. The van der Waals surface area contributed by atoms with Gasteiger partial charge in [-0.25, -0.2) is 0 Å². The summed E-state index contributed by atoms with van der Waals surface area (Å²) < 4.78 is 40.3. The Labute approximate surface area is 104 Å². The molecule has 1 fully saturated rings. The number of hydrogen-bond acceptors (Lipinski definition) is 3. The van der Waals surface area contributed by atoms with Crippen LogP contribution in [0.1, 0.15) is 12.8 Å². The minimum atomic E-state index is -4.65. The monoisotopic (exact) mass is 260 g/mol. The molecule has 6 heteroatoms. The first-order chi connectivity index (χ1) is 8.46.